The maximum atomic E-state index is 12.8. The van der Waals surface area contributed by atoms with Crippen LogP contribution in [0.3, 0.4) is 0 Å². The lowest BCUT2D eigenvalue weighted by Crippen LogP contribution is -2.41. The van der Waals surface area contributed by atoms with Crippen molar-refractivity contribution < 1.29 is 19.1 Å². The number of carbonyl (C=O) groups excluding carboxylic acids is 2. The first-order valence-electron chi connectivity index (χ1n) is 7.88. The average molecular weight is 293 g/mol. The smallest absolute Gasteiger partial charge is 0.312 e. The normalized spacial score (nSPS) is 38.0. The highest BCUT2D eigenvalue weighted by atomic mass is 16.6. The Morgan fingerprint density at radius 1 is 1.57 bits per heavy atom. The van der Waals surface area contributed by atoms with Gasteiger partial charge in [-0.2, -0.15) is 0 Å². The summed E-state index contributed by atoms with van der Waals surface area (Å²) in [6.07, 6.45) is 5.27. The first kappa shape index (κ1) is 14.6. The molecule has 0 aromatic heterocycles. The molecule has 0 aromatic carbocycles. The number of likely N-dealkylation sites (tertiary alicyclic amines) is 1. The molecule has 3 heterocycles. The monoisotopic (exact) mass is 293 g/mol. The van der Waals surface area contributed by atoms with E-state index in [0.29, 0.717) is 13.2 Å². The molecule has 5 nitrogen and oxygen atoms in total. The number of amides is 1. The summed E-state index contributed by atoms with van der Waals surface area (Å²) in [7, 11) is 0. The van der Waals surface area contributed by atoms with Gasteiger partial charge in [0.1, 0.15) is 11.5 Å². The largest absolute Gasteiger partial charge is 0.465 e. The van der Waals surface area contributed by atoms with Crippen molar-refractivity contribution in [2.75, 3.05) is 13.2 Å². The predicted molar refractivity (Wildman–Crippen MR) is 76.4 cm³/mol. The molecule has 5 heteroatoms. The lowest BCUT2D eigenvalue weighted by atomic mass is 9.77. The minimum Gasteiger partial charge on any atom is -0.465 e. The Hall–Kier alpha value is -1.36. The second kappa shape index (κ2) is 5.13. The predicted octanol–water partition coefficient (Wildman–Crippen LogP) is 1.52. The molecule has 2 bridgehead atoms. The minimum absolute atomic E-state index is 0.0367. The molecule has 2 saturated heterocycles. The third kappa shape index (κ3) is 2.01. The molecule has 1 spiro atoms. The Kier molecular flexibility index (Phi) is 3.56. The molecule has 0 aromatic rings. The standard InChI is InChI=1S/C16H23NO4/c1-4-8-20-15(19)12-11-6-7-16(21-11)9-17(10(3)5-2)14(18)13(12)16/h6-7,10-13H,4-5,8-9H2,1-3H3/t10-,11+,12+,13-,16+/m0/s1. The van der Waals surface area contributed by atoms with Crippen LogP contribution in [0.5, 0.6) is 0 Å². The third-order valence-corrected chi connectivity index (χ3v) is 4.97. The Morgan fingerprint density at radius 2 is 2.33 bits per heavy atom. The summed E-state index contributed by atoms with van der Waals surface area (Å²) in [5.74, 6) is -1.15. The van der Waals surface area contributed by atoms with E-state index in [1.165, 1.54) is 0 Å². The summed E-state index contributed by atoms with van der Waals surface area (Å²) in [6.45, 7) is 7.00. The van der Waals surface area contributed by atoms with E-state index >= 15 is 0 Å². The number of hydrogen-bond acceptors (Lipinski definition) is 4. The quantitative estimate of drug-likeness (QED) is 0.569. The van der Waals surface area contributed by atoms with Crippen molar-refractivity contribution in [2.45, 2.75) is 51.4 Å². The van der Waals surface area contributed by atoms with Gasteiger partial charge in [-0.15, -0.1) is 0 Å². The van der Waals surface area contributed by atoms with Gasteiger partial charge in [0, 0.05) is 6.04 Å². The van der Waals surface area contributed by atoms with E-state index in [9.17, 15) is 9.59 Å². The Balaban J connectivity index is 1.85. The zero-order valence-corrected chi connectivity index (χ0v) is 12.9. The number of carbonyl (C=O) groups is 2. The summed E-state index contributed by atoms with van der Waals surface area (Å²) in [5.41, 5.74) is -0.610. The van der Waals surface area contributed by atoms with Gasteiger partial charge in [-0.3, -0.25) is 9.59 Å². The van der Waals surface area contributed by atoms with Crippen molar-refractivity contribution in [1.29, 1.82) is 0 Å². The minimum atomic E-state index is -0.610. The molecule has 0 N–H and O–H groups in total. The molecular formula is C16H23NO4. The summed E-state index contributed by atoms with van der Waals surface area (Å²) in [5, 5.41) is 0. The van der Waals surface area contributed by atoms with E-state index in [1.807, 2.05) is 30.9 Å². The Bertz CT molecular complexity index is 489. The van der Waals surface area contributed by atoms with Gasteiger partial charge in [-0.25, -0.2) is 0 Å². The highest BCUT2D eigenvalue weighted by Crippen LogP contribution is 2.52. The number of ether oxygens (including phenoxy) is 2. The summed E-state index contributed by atoms with van der Waals surface area (Å²) >= 11 is 0. The number of rotatable bonds is 5. The van der Waals surface area contributed by atoms with E-state index < -0.39 is 17.4 Å². The van der Waals surface area contributed by atoms with Gasteiger partial charge in [0.2, 0.25) is 5.91 Å². The molecule has 5 atom stereocenters. The van der Waals surface area contributed by atoms with Crippen LogP contribution in [0.4, 0.5) is 0 Å². The van der Waals surface area contributed by atoms with Gasteiger partial charge in [-0.05, 0) is 19.8 Å². The van der Waals surface area contributed by atoms with Crippen LogP contribution < -0.4 is 0 Å². The number of nitrogens with zero attached hydrogens (tertiary/aromatic N) is 1. The van der Waals surface area contributed by atoms with Gasteiger partial charge in [-0.1, -0.05) is 26.0 Å². The topological polar surface area (TPSA) is 55.8 Å². The molecule has 3 aliphatic heterocycles. The van der Waals surface area contributed by atoms with E-state index in [4.69, 9.17) is 9.47 Å². The molecule has 3 aliphatic rings. The van der Waals surface area contributed by atoms with Crippen molar-refractivity contribution >= 4 is 11.9 Å². The van der Waals surface area contributed by atoms with Crippen molar-refractivity contribution in [1.82, 2.24) is 4.90 Å². The fraction of sp³-hybridized carbons (Fsp3) is 0.750. The lowest BCUT2D eigenvalue weighted by molar-refractivity contribution is -0.154. The van der Waals surface area contributed by atoms with Crippen LogP contribution >= 0.6 is 0 Å². The van der Waals surface area contributed by atoms with E-state index in [2.05, 4.69) is 6.92 Å². The second-order valence-electron chi connectivity index (χ2n) is 6.29. The molecule has 1 amide bonds. The van der Waals surface area contributed by atoms with Gasteiger partial charge in [0.15, 0.2) is 0 Å². The average Bonchev–Trinajstić information content (AvgIpc) is 3.12. The van der Waals surface area contributed by atoms with Crippen molar-refractivity contribution in [3.05, 3.63) is 12.2 Å². The van der Waals surface area contributed by atoms with Gasteiger partial charge >= 0.3 is 5.97 Å². The molecule has 0 saturated carbocycles. The summed E-state index contributed by atoms with van der Waals surface area (Å²) < 4.78 is 11.3. The first-order valence-corrected chi connectivity index (χ1v) is 7.88. The fourth-order valence-electron chi connectivity index (χ4n) is 3.69. The number of fused-ring (bicyclic) bond motifs is 1. The van der Waals surface area contributed by atoms with E-state index in [1.54, 1.807) is 0 Å². The molecular weight excluding hydrogens is 270 g/mol. The maximum absolute atomic E-state index is 12.8. The van der Waals surface area contributed by atoms with E-state index in [0.717, 1.165) is 12.8 Å². The van der Waals surface area contributed by atoms with Gasteiger partial charge in [0.25, 0.3) is 0 Å². The first-order chi connectivity index (χ1) is 10.0. The molecule has 21 heavy (non-hydrogen) atoms. The maximum Gasteiger partial charge on any atom is 0.312 e. The SMILES string of the molecule is CCCOC(=O)[C@H]1[C@H]2C(=O)N([C@@H](C)CC)C[C@]23C=C[C@H]1O3. The van der Waals surface area contributed by atoms with Crippen LogP contribution in [-0.2, 0) is 19.1 Å². The number of esters is 1. The van der Waals surface area contributed by atoms with Crippen LogP contribution in [0.15, 0.2) is 12.2 Å². The van der Waals surface area contributed by atoms with Crippen LogP contribution in [0.2, 0.25) is 0 Å². The summed E-state index contributed by atoms with van der Waals surface area (Å²) in [6, 6.07) is 0.167. The second-order valence-corrected chi connectivity index (χ2v) is 6.29. The van der Waals surface area contributed by atoms with E-state index in [-0.39, 0.29) is 24.0 Å². The van der Waals surface area contributed by atoms with Crippen molar-refractivity contribution in [2.24, 2.45) is 11.8 Å². The Morgan fingerprint density at radius 3 is 3.00 bits per heavy atom. The van der Waals surface area contributed by atoms with Crippen LogP contribution in [0.1, 0.15) is 33.6 Å². The zero-order valence-electron chi connectivity index (χ0n) is 12.9. The highest BCUT2D eigenvalue weighted by Gasteiger charge is 2.67. The van der Waals surface area contributed by atoms with Crippen molar-refractivity contribution in [3.8, 4) is 0 Å². The molecule has 116 valence electrons. The summed E-state index contributed by atoms with van der Waals surface area (Å²) in [4.78, 5) is 26.9. The lowest BCUT2D eigenvalue weighted by Gasteiger charge is -2.26. The zero-order chi connectivity index (χ0) is 15.2. The highest BCUT2D eigenvalue weighted by molar-refractivity contribution is 5.91. The molecule has 0 aliphatic carbocycles. The Labute approximate surface area is 125 Å². The third-order valence-electron chi connectivity index (χ3n) is 4.97. The molecule has 0 unspecified atom stereocenters. The van der Waals surface area contributed by atoms with Crippen molar-refractivity contribution in [3.63, 3.8) is 0 Å². The number of hydrogen-bond donors (Lipinski definition) is 0. The molecule has 3 rings (SSSR count). The van der Waals surface area contributed by atoms with Gasteiger partial charge < -0.3 is 14.4 Å². The van der Waals surface area contributed by atoms with Gasteiger partial charge in [0.05, 0.1) is 25.2 Å². The van der Waals surface area contributed by atoms with Crippen LogP contribution in [0, 0.1) is 11.8 Å². The molecule has 0 radical (unpaired) electrons. The molecule has 2 fully saturated rings. The van der Waals surface area contributed by atoms with Crippen LogP contribution in [-0.4, -0.2) is 47.7 Å². The fourth-order valence-corrected chi connectivity index (χ4v) is 3.69. The van der Waals surface area contributed by atoms with Crippen LogP contribution in [0.25, 0.3) is 0 Å².